The van der Waals surface area contributed by atoms with Crippen molar-refractivity contribution in [3.05, 3.63) is 41.5 Å². The maximum absolute atomic E-state index is 5.79. The molecule has 2 aromatic rings. The number of anilines is 1. The Labute approximate surface area is 113 Å². The summed E-state index contributed by atoms with van der Waals surface area (Å²) in [5.74, 6) is 2.49. The van der Waals surface area contributed by atoms with Gasteiger partial charge in [-0.05, 0) is 30.5 Å². The van der Waals surface area contributed by atoms with Gasteiger partial charge in [-0.15, -0.1) is 0 Å². The summed E-state index contributed by atoms with van der Waals surface area (Å²) in [7, 11) is 0. The number of hydrogen-bond acceptors (Lipinski definition) is 3. The van der Waals surface area contributed by atoms with Gasteiger partial charge in [-0.3, -0.25) is 5.10 Å². The van der Waals surface area contributed by atoms with Crippen molar-refractivity contribution in [3.63, 3.8) is 0 Å². The maximum atomic E-state index is 5.79. The Kier molecular flexibility index (Phi) is 3.49. The number of nitrogens with one attached hydrogen (secondary N) is 1. The predicted octanol–water partition coefficient (Wildman–Crippen LogP) is 3.03. The van der Waals surface area contributed by atoms with Crippen LogP contribution in [0.4, 0.5) is 5.69 Å². The molecular formula is C15H20N4. The third-order valence-corrected chi connectivity index (χ3v) is 3.84. The minimum absolute atomic E-state index is 0.555. The number of rotatable bonds is 3. The summed E-state index contributed by atoms with van der Waals surface area (Å²) < 4.78 is 0. The van der Waals surface area contributed by atoms with E-state index in [2.05, 4.69) is 21.2 Å². The first kappa shape index (κ1) is 12.2. The van der Waals surface area contributed by atoms with Gasteiger partial charge in [-0.25, -0.2) is 4.98 Å². The molecule has 0 saturated heterocycles. The highest BCUT2D eigenvalue weighted by atomic mass is 15.2. The molecule has 0 atom stereocenters. The molecule has 0 unspecified atom stereocenters. The Hall–Kier alpha value is -1.84. The zero-order valence-corrected chi connectivity index (χ0v) is 11.1. The number of nitrogens with two attached hydrogens (primary N) is 1. The van der Waals surface area contributed by atoms with Crippen LogP contribution in [0, 0.1) is 0 Å². The predicted molar refractivity (Wildman–Crippen MR) is 75.9 cm³/mol. The smallest absolute Gasteiger partial charge is 0.153 e. The minimum atomic E-state index is 0.555. The van der Waals surface area contributed by atoms with Crippen LogP contribution in [0.2, 0.25) is 0 Å². The van der Waals surface area contributed by atoms with Crippen molar-refractivity contribution in [2.75, 3.05) is 5.73 Å². The van der Waals surface area contributed by atoms with Crippen molar-refractivity contribution in [2.24, 2.45) is 0 Å². The van der Waals surface area contributed by atoms with E-state index in [0.717, 1.165) is 23.8 Å². The maximum Gasteiger partial charge on any atom is 0.153 e. The fourth-order valence-corrected chi connectivity index (χ4v) is 2.83. The van der Waals surface area contributed by atoms with Gasteiger partial charge in [-0.2, -0.15) is 5.10 Å². The molecule has 1 aromatic heterocycles. The molecular weight excluding hydrogens is 236 g/mol. The number of H-pyrrole nitrogens is 1. The number of hydrogen-bond donors (Lipinski definition) is 2. The van der Waals surface area contributed by atoms with Crippen molar-refractivity contribution in [3.8, 4) is 0 Å². The van der Waals surface area contributed by atoms with Gasteiger partial charge in [0.25, 0.3) is 0 Å². The van der Waals surface area contributed by atoms with Crippen LogP contribution in [-0.2, 0) is 6.42 Å². The van der Waals surface area contributed by atoms with Crippen LogP contribution in [0.1, 0.15) is 55.2 Å². The van der Waals surface area contributed by atoms with Crippen molar-refractivity contribution >= 4 is 5.69 Å². The van der Waals surface area contributed by atoms with E-state index in [0.29, 0.717) is 5.92 Å². The zero-order valence-electron chi connectivity index (χ0n) is 11.1. The van der Waals surface area contributed by atoms with Gasteiger partial charge in [0.05, 0.1) is 0 Å². The molecule has 1 fully saturated rings. The van der Waals surface area contributed by atoms with Crippen molar-refractivity contribution < 1.29 is 0 Å². The minimum Gasteiger partial charge on any atom is -0.399 e. The van der Waals surface area contributed by atoms with Crippen LogP contribution in [0.25, 0.3) is 0 Å². The van der Waals surface area contributed by atoms with Crippen LogP contribution < -0.4 is 5.73 Å². The molecule has 100 valence electrons. The summed E-state index contributed by atoms with van der Waals surface area (Å²) >= 11 is 0. The molecule has 1 saturated carbocycles. The van der Waals surface area contributed by atoms with E-state index in [4.69, 9.17) is 5.73 Å². The van der Waals surface area contributed by atoms with Gasteiger partial charge in [0.1, 0.15) is 5.82 Å². The van der Waals surface area contributed by atoms with E-state index in [-0.39, 0.29) is 0 Å². The topological polar surface area (TPSA) is 67.6 Å². The zero-order chi connectivity index (χ0) is 13.1. The van der Waals surface area contributed by atoms with Crippen LogP contribution in [-0.4, -0.2) is 15.2 Å². The van der Waals surface area contributed by atoms with Crippen LogP contribution >= 0.6 is 0 Å². The fraction of sp³-hybridized carbons (Fsp3) is 0.467. The van der Waals surface area contributed by atoms with Gasteiger partial charge in [0.15, 0.2) is 5.82 Å². The molecule has 1 aliphatic carbocycles. The van der Waals surface area contributed by atoms with Crippen LogP contribution in [0.15, 0.2) is 24.3 Å². The Bertz CT molecular complexity index is 541. The molecule has 0 radical (unpaired) electrons. The first-order valence-corrected chi connectivity index (χ1v) is 7.07. The molecule has 19 heavy (non-hydrogen) atoms. The molecule has 3 rings (SSSR count). The first-order valence-electron chi connectivity index (χ1n) is 7.07. The number of benzene rings is 1. The van der Waals surface area contributed by atoms with Crippen LogP contribution in [0.5, 0.6) is 0 Å². The lowest BCUT2D eigenvalue weighted by Crippen LogP contribution is -2.06. The molecule has 3 N–H and O–H groups in total. The lowest BCUT2D eigenvalue weighted by Gasteiger charge is -2.18. The van der Waals surface area contributed by atoms with Crippen molar-refractivity contribution in [1.29, 1.82) is 0 Å². The number of aromatic amines is 1. The highest BCUT2D eigenvalue weighted by molar-refractivity contribution is 5.41. The normalized spacial score (nSPS) is 16.6. The Morgan fingerprint density at radius 3 is 2.84 bits per heavy atom. The van der Waals surface area contributed by atoms with E-state index in [1.54, 1.807) is 0 Å². The van der Waals surface area contributed by atoms with Crippen molar-refractivity contribution in [1.82, 2.24) is 15.2 Å². The highest BCUT2D eigenvalue weighted by Gasteiger charge is 2.19. The van der Waals surface area contributed by atoms with Gasteiger partial charge >= 0.3 is 0 Å². The van der Waals surface area contributed by atoms with Crippen molar-refractivity contribution in [2.45, 2.75) is 44.4 Å². The molecule has 0 spiro atoms. The second kappa shape index (κ2) is 5.43. The Morgan fingerprint density at radius 1 is 1.21 bits per heavy atom. The van der Waals surface area contributed by atoms with Crippen LogP contribution in [0.3, 0.4) is 0 Å². The monoisotopic (exact) mass is 256 g/mol. The molecule has 1 aromatic carbocycles. The lowest BCUT2D eigenvalue weighted by atomic mass is 9.89. The van der Waals surface area contributed by atoms with Gasteiger partial charge in [0.2, 0.25) is 0 Å². The highest BCUT2D eigenvalue weighted by Crippen LogP contribution is 2.30. The van der Waals surface area contributed by atoms with E-state index in [1.807, 2.05) is 18.2 Å². The molecule has 1 heterocycles. The van der Waals surface area contributed by atoms with E-state index >= 15 is 0 Å². The molecule has 1 aliphatic rings. The van der Waals surface area contributed by atoms with E-state index in [1.165, 1.54) is 37.7 Å². The van der Waals surface area contributed by atoms with Gasteiger partial charge < -0.3 is 5.73 Å². The standard InChI is InChI=1S/C15H20N4/c16-13-8-4-5-11(9-13)10-14-17-15(19-18-14)12-6-2-1-3-7-12/h4-5,8-9,12H,1-3,6-7,10,16H2,(H,17,18,19). The average Bonchev–Trinajstić information content (AvgIpc) is 2.88. The lowest BCUT2D eigenvalue weighted by molar-refractivity contribution is 0.429. The summed E-state index contributed by atoms with van der Waals surface area (Å²) in [5, 5.41) is 7.46. The summed E-state index contributed by atoms with van der Waals surface area (Å²) in [6.07, 6.45) is 7.21. The molecule has 0 amide bonds. The third kappa shape index (κ3) is 2.95. The molecule has 0 bridgehead atoms. The van der Waals surface area contributed by atoms with Gasteiger partial charge in [-0.1, -0.05) is 31.4 Å². The first-order chi connectivity index (χ1) is 9.31. The summed E-state index contributed by atoms with van der Waals surface area (Å²) in [6.45, 7) is 0. The SMILES string of the molecule is Nc1cccc(Cc2nc(C3CCCCC3)n[nH]2)c1. The number of aromatic nitrogens is 3. The van der Waals surface area contributed by atoms with E-state index < -0.39 is 0 Å². The largest absolute Gasteiger partial charge is 0.399 e. The third-order valence-electron chi connectivity index (χ3n) is 3.84. The molecule has 4 nitrogen and oxygen atoms in total. The Balaban J connectivity index is 1.70. The fourth-order valence-electron chi connectivity index (χ4n) is 2.83. The van der Waals surface area contributed by atoms with E-state index in [9.17, 15) is 0 Å². The molecule has 4 heteroatoms. The quantitative estimate of drug-likeness (QED) is 0.829. The number of nitrogen functional groups attached to an aromatic ring is 1. The second-order valence-electron chi connectivity index (χ2n) is 5.40. The average molecular weight is 256 g/mol. The summed E-state index contributed by atoms with van der Waals surface area (Å²) in [6, 6.07) is 7.93. The summed E-state index contributed by atoms with van der Waals surface area (Å²) in [5.41, 5.74) is 7.76. The Morgan fingerprint density at radius 2 is 2.05 bits per heavy atom. The molecule has 0 aliphatic heterocycles. The second-order valence-corrected chi connectivity index (χ2v) is 5.40. The van der Waals surface area contributed by atoms with Gasteiger partial charge in [0, 0.05) is 18.0 Å². The number of nitrogens with zero attached hydrogens (tertiary/aromatic N) is 2. The summed E-state index contributed by atoms with van der Waals surface area (Å²) in [4.78, 5) is 4.65.